The maximum absolute atomic E-state index is 14.0. The minimum absolute atomic E-state index is 0.112. The molecular formula is C20H15F6N7O3. The van der Waals surface area contributed by atoms with Crippen molar-refractivity contribution in [1.29, 1.82) is 0 Å². The number of nitrogens with one attached hydrogen (secondary N) is 2. The van der Waals surface area contributed by atoms with Crippen molar-refractivity contribution in [3.63, 3.8) is 0 Å². The molecule has 0 saturated heterocycles. The molecule has 36 heavy (non-hydrogen) atoms. The molecule has 10 nitrogen and oxygen atoms in total. The summed E-state index contributed by atoms with van der Waals surface area (Å²) in [5, 5.41) is 19.8. The van der Waals surface area contributed by atoms with Gasteiger partial charge in [-0.1, -0.05) is 0 Å². The molecule has 16 heteroatoms. The third-order valence-electron chi connectivity index (χ3n) is 6.35. The summed E-state index contributed by atoms with van der Waals surface area (Å²) in [7, 11) is 0. The number of pyridine rings is 1. The first-order valence-electron chi connectivity index (χ1n) is 10.3. The van der Waals surface area contributed by atoms with Gasteiger partial charge in [0.15, 0.2) is 17.1 Å². The monoisotopic (exact) mass is 515 g/mol. The van der Waals surface area contributed by atoms with Crippen LogP contribution in [0, 0.1) is 11.2 Å². The van der Waals surface area contributed by atoms with Gasteiger partial charge in [-0.3, -0.25) is 9.59 Å². The number of amides is 2. The Kier molecular flexibility index (Phi) is 4.72. The lowest BCUT2D eigenvalue weighted by molar-refractivity contribution is -0.285. The molecule has 0 unspecified atom stereocenters. The number of aryl methyl sites for hydroxylation is 1. The zero-order valence-electron chi connectivity index (χ0n) is 18.3. The molecule has 3 aromatic rings. The van der Waals surface area contributed by atoms with Gasteiger partial charge in [0.25, 0.3) is 5.91 Å². The summed E-state index contributed by atoms with van der Waals surface area (Å²) in [5.74, 6) is -8.37. The van der Waals surface area contributed by atoms with Crippen LogP contribution in [0.15, 0.2) is 12.3 Å². The van der Waals surface area contributed by atoms with Crippen LogP contribution in [-0.2, 0) is 21.7 Å². The van der Waals surface area contributed by atoms with Crippen LogP contribution in [0.1, 0.15) is 25.8 Å². The quantitative estimate of drug-likeness (QED) is 0.455. The number of hydrogen-bond acceptors (Lipinski definition) is 7. The molecule has 0 aliphatic carbocycles. The van der Waals surface area contributed by atoms with Crippen molar-refractivity contribution in [2.45, 2.75) is 44.5 Å². The number of hydrogen-bond donors (Lipinski definition) is 3. The molecule has 0 fully saturated rings. The van der Waals surface area contributed by atoms with E-state index in [-0.39, 0.29) is 39.8 Å². The molecule has 190 valence electrons. The number of alkyl halides is 5. The Hall–Kier alpha value is -3.82. The van der Waals surface area contributed by atoms with Gasteiger partial charge in [0.1, 0.15) is 23.1 Å². The summed E-state index contributed by atoms with van der Waals surface area (Å²) in [6, 6.07) is 0.905. The zero-order valence-corrected chi connectivity index (χ0v) is 18.3. The fourth-order valence-corrected chi connectivity index (χ4v) is 4.17. The molecule has 0 spiro atoms. The van der Waals surface area contributed by atoms with Crippen molar-refractivity contribution in [3.8, 4) is 11.5 Å². The van der Waals surface area contributed by atoms with Crippen LogP contribution in [0.4, 0.5) is 38.0 Å². The molecule has 2 aliphatic heterocycles. The third-order valence-corrected chi connectivity index (χ3v) is 6.35. The lowest BCUT2D eigenvalue weighted by Crippen LogP contribution is -2.56. The molecule has 3 aromatic heterocycles. The molecule has 5 rings (SSSR count). The minimum Gasteiger partial charge on any atom is -0.374 e. The summed E-state index contributed by atoms with van der Waals surface area (Å²) in [6.45, 7) is 1.74. The molecule has 2 aliphatic rings. The van der Waals surface area contributed by atoms with Crippen LogP contribution >= 0.6 is 0 Å². The molecule has 5 heterocycles. The van der Waals surface area contributed by atoms with Gasteiger partial charge in [-0.25, -0.2) is 24.0 Å². The molecule has 1 atom stereocenters. The highest BCUT2D eigenvalue weighted by Gasteiger charge is 2.64. The van der Waals surface area contributed by atoms with E-state index < -0.39 is 53.7 Å². The Balaban J connectivity index is 1.65. The first-order valence-corrected chi connectivity index (χ1v) is 10.3. The van der Waals surface area contributed by atoms with Gasteiger partial charge in [-0.15, -0.1) is 0 Å². The summed E-state index contributed by atoms with van der Waals surface area (Å²) in [5.41, 5.74) is -4.52. The van der Waals surface area contributed by atoms with Gasteiger partial charge in [0.2, 0.25) is 5.91 Å². The number of rotatable bonds is 4. The Morgan fingerprint density at radius 2 is 1.67 bits per heavy atom. The largest absolute Gasteiger partial charge is 0.453 e. The number of carbonyl (C=O) groups excluding carboxylic acids is 2. The molecule has 3 N–H and O–H groups in total. The predicted octanol–water partition coefficient (Wildman–Crippen LogP) is 2.73. The van der Waals surface area contributed by atoms with E-state index >= 15 is 0 Å². The lowest BCUT2D eigenvalue weighted by atomic mass is 9.69. The Labute approximate surface area is 196 Å². The fraction of sp³-hybridized carbons (Fsp3) is 0.400. The molecule has 0 bridgehead atoms. The number of nitrogens with zero attached hydrogens (tertiary/aromatic N) is 5. The van der Waals surface area contributed by atoms with Crippen molar-refractivity contribution < 1.29 is 41.0 Å². The van der Waals surface area contributed by atoms with E-state index in [1.807, 2.05) is 0 Å². The lowest BCUT2D eigenvalue weighted by Gasteiger charge is -2.40. The van der Waals surface area contributed by atoms with Crippen LogP contribution in [0.5, 0.6) is 0 Å². The van der Waals surface area contributed by atoms with Gasteiger partial charge in [-0.2, -0.15) is 27.1 Å². The second-order valence-corrected chi connectivity index (χ2v) is 8.91. The van der Waals surface area contributed by atoms with Crippen LogP contribution in [-0.4, -0.2) is 53.8 Å². The predicted molar refractivity (Wildman–Crippen MR) is 109 cm³/mol. The second kappa shape index (κ2) is 7.11. The Morgan fingerprint density at radius 1 is 1.06 bits per heavy atom. The molecule has 0 saturated carbocycles. The van der Waals surface area contributed by atoms with Crippen molar-refractivity contribution in [3.05, 3.63) is 23.6 Å². The van der Waals surface area contributed by atoms with Gasteiger partial charge in [0, 0.05) is 13.0 Å². The molecule has 0 radical (unpaired) electrons. The van der Waals surface area contributed by atoms with E-state index in [2.05, 4.69) is 30.7 Å². The maximum Gasteiger partial charge on any atom is 0.453 e. The highest BCUT2D eigenvalue weighted by Crippen LogP contribution is 2.53. The topological polar surface area (TPSA) is 135 Å². The smallest absolute Gasteiger partial charge is 0.374 e. The summed E-state index contributed by atoms with van der Waals surface area (Å²) >= 11 is 0. The Bertz CT molecular complexity index is 1470. The fourth-order valence-electron chi connectivity index (χ4n) is 4.17. The van der Waals surface area contributed by atoms with E-state index in [0.29, 0.717) is 0 Å². The van der Waals surface area contributed by atoms with Crippen molar-refractivity contribution >= 4 is 34.5 Å². The SMILES string of the molecule is CC1(C)C(=O)Nc2nc(-c3nn(CCC(F)(F)C(F)(F)F)c4ncc(F)cc34)nc3c2[C@@]1(O)C(=O)N3. The van der Waals surface area contributed by atoms with Crippen molar-refractivity contribution in [2.75, 3.05) is 10.6 Å². The average molecular weight is 515 g/mol. The van der Waals surface area contributed by atoms with Crippen LogP contribution in [0.2, 0.25) is 0 Å². The van der Waals surface area contributed by atoms with E-state index in [1.54, 1.807) is 0 Å². The maximum atomic E-state index is 14.0. The van der Waals surface area contributed by atoms with Crippen LogP contribution in [0.3, 0.4) is 0 Å². The van der Waals surface area contributed by atoms with Crippen LogP contribution in [0.25, 0.3) is 22.6 Å². The van der Waals surface area contributed by atoms with E-state index in [4.69, 9.17) is 0 Å². The van der Waals surface area contributed by atoms with Gasteiger partial charge < -0.3 is 15.7 Å². The summed E-state index contributed by atoms with van der Waals surface area (Å²) in [4.78, 5) is 37.3. The minimum atomic E-state index is -5.79. The number of anilines is 2. The standard InChI is InChI=1S/C20H15F6N7O3/c1-17(2)15(34)30-11-9-12(31-16(35)19(9,17)36)29-13(28-11)10-8-5-7(21)6-27-14(8)33(32-10)4-3-18(22,23)20(24,25)26/h5-6,36H,3-4H2,1-2H3,(H2,28,29,30,31,34,35)/t19-/m1/s1. The molecular weight excluding hydrogens is 500 g/mol. The third kappa shape index (κ3) is 3.09. The number of halogens is 6. The van der Waals surface area contributed by atoms with Crippen molar-refractivity contribution in [2.24, 2.45) is 5.41 Å². The number of aliphatic hydroxyl groups is 1. The first-order chi connectivity index (χ1) is 16.6. The summed E-state index contributed by atoms with van der Waals surface area (Å²) in [6.07, 6.45) is -6.73. The highest BCUT2D eigenvalue weighted by molar-refractivity contribution is 6.14. The number of aromatic nitrogens is 5. The van der Waals surface area contributed by atoms with Crippen molar-refractivity contribution in [1.82, 2.24) is 24.7 Å². The summed E-state index contributed by atoms with van der Waals surface area (Å²) < 4.78 is 79.5. The first kappa shape index (κ1) is 23.9. The second-order valence-electron chi connectivity index (χ2n) is 8.91. The number of carbonyl (C=O) groups is 2. The molecule has 2 amide bonds. The van der Waals surface area contributed by atoms with E-state index in [9.17, 15) is 41.0 Å². The van der Waals surface area contributed by atoms with E-state index in [1.165, 1.54) is 13.8 Å². The van der Waals surface area contributed by atoms with Gasteiger partial charge >= 0.3 is 12.1 Å². The van der Waals surface area contributed by atoms with E-state index in [0.717, 1.165) is 16.9 Å². The van der Waals surface area contributed by atoms with Crippen LogP contribution < -0.4 is 10.6 Å². The Morgan fingerprint density at radius 3 is 2.28 bits per heavy atom. The number of fused-ring (bicyclic) bond motifs is 1. The average Bonchev–Trinajstić information content (AvgIpc) is 3.25. The highest BCUT2D eigenvalue weighted by atomic mass is 19.4. The van der Waals surface area contributed by atoms with Gasteiger partial charge in [-0.05, 0) is 19.9 Å². The normalized spacial score (nSPS) is 20.9. The molecule has 0 aromatic carbocycles. The zero-order chi connectivity index (χ0) is 26.4. The van der Waals surface area contributed by atoms with Gasteiger partial charge in [0.05, 0.1) is 22.6 Å².